The van der Waals surface area contributed by atoms with Gasteiger partial charge in [-0.25, -0.2) is 9.37 Å². The van der Waals surface area contributed by atoms with Gasteiger partial charge >= 0.3 is 0 Å². The van der Waals surface area contributed by atoms with Crippen LogP contribution in [0.15, 0.2) is 30.6 Å². The summed E-state index contributed by atoms with van der Waals surface area (Å²) in [5.41, 5.74) is 1.92. The van der Waals surface area contributed by atoms with Crippen molar-refractivity contribution in [1.29, 1.82) is 10.7 Å². The minimum Gasteiger partial charge on any atom is -0.364 e. The van der Waals surface area contributed by atoms with Crippen LogP contribution in [0.5, 0.6) is 0 Å². The third-order valence-electron chi connectivity index (χ3n) is 3.90. The van der Waals surface area contributed by atoms with Gasteiger partial charge in [-0.1, -0.05) is 0 Å². The Morgan fingerprint density at radius 2 is 2.21 bits per heavy atom. The van der Waals surface area contributed by atoms with Gasteiger partial charge in [-0.2, -0.15) is 5.26 Å². The van der Waals surface area contributed by atoms with Crippen LogP contribution in [-0.2, 0) is 0 Å². The molecule has 0 amide bonds. The van der Waals surface area contributed by atoms with Crippen LogP contribution < -0.4 is 5.32 Å². The molecule has 1 saturated heterocycles. The molecule has 0 bridgehead atoms. The Hall–Kier alpha value is -2.46. The molecule has 3 heterocycles. The lowest BCUT2D eigenvalue weighted by atomic mass is 10.1. The van der Waals surface area contributed by atoms with Gasteiger partial charge in [0.15, 0.2) is 0 Å². The van der Waals surface area contributed by atoms with Gasteiger partial charge in [0.2, 0.25) is 0 Å². The van der Waals surface area contributed by atoms with E-state index in [2.05, 4.69) is 15.3 Å². The molecule has 1 aliphatic heterocycles. The summed E-state index contributed by atoms with van der Waals surface area (Å²) in [6, 6.07) is 6.29. The number of rotatable bonds is 2. The molecule has 1 unspecified atom stereocenters. The molecule has 3 rings (SSSR count). The molecule has 122 valence electrons. The van der Waals surface area contributed by atoms with Gasteiger partial charge in [-0.05, 0) is 32.0 Å². The SMILES string of the molecule is CC1(C)SCC(c2nc(-c3cncc(C#N)c3)ccc2F)NC1=N. The van der Waals surface area contributed by atoms with Gasteiger partial charge in [-0.15, -0.1) is 11.8 Å². The van der Waals surface area contributed by atoms with Crippen molar-refractivity contribution in [2.24, 2.45) is 0 Å². The van der Waals surface area contributed by atoms with Crippen LogP contribution in [0.25, 0.3) is 11.3 Å². The van der Waals surface area contributed by atoms with E-state index in [1.54, 1.807) is 30.1 Å². The minimum atomic E-state index is -0.409. The first-order chi connectivity index (χ1) is 11.4. The third-order valence-corrected chi connectivity index (χ3v) is 5.32. The second-order valence-electron chi connectivity index (χ2n) is 6.03. The zero-order valence-electron chi connectivity index (χ0n) is 13.3. The quantitative estimate of drug-likeness (QED) is 0.875. The molecular formula is C17H16FN5S. The summed E-state index contributed by atoms with van der Waals surface area (Å²) < 4.78 is 14.0. The average molecular weight is 341 g/mol. The van der Waals surface area contributed by atoms with E-state index in [1.165, 1.54) is 12.3 Å². The van der Waals surface area contributed by atoms with Gasteiger partial charge in [0.1, 0.15) is 17.7 Å². The molecule has 2 aromatic rings. The Labute approximate surface area is 143 Å². The molecule has 24 heavy (non-hydrogen) atoms. The van der Waals surface area contributed by atoms with Gasteiger partial charge < -0.3 is 5.32 Å². The Morgan fingerprint density at radius 1 is 1.42 bits per heavy atom. The van der Waals surface area contributed by atoms with Crippen LogP contribution in [0.3, 0.4) is 0 Å². The standard InChI is InChI=1S/C17H16FN5S/c1-17(2)16(20)23-14(9-24-17)15-12(18)3-4-13(22-15)11-5-10(6-19)7-21-8-11/h3-5,7-8,14H,9H2,1-2H3,(H2,20,23). The van der Waals surface area contributed by atoms with Crippen LogP contribution in [0.2, 0.25) is 0 Å². The normalized spacial score (nSPS) is 19.4. The van der Waals surface area contributed by atoms with Gasteiger partial charge in [-0.3, -0.25) is 10.4 Å². The van der Waals surface area contributed by atoms with Gasteiger partial charge in [0.25, 0.3) is 0 Å². The number of nitrogens with one attached hydrogen (secondary N) is 2. The Morgan fingerprint density at radius 3 is 2.92 bits per heavy atom. The van der Waals surface area contributed by atoms with Crippen molar-refractivity contribution < 1.29 is 4.39 Å². The topological polar surface area (TPSA) is 85.5 Å². The smallest absolute Gasteiger partial charge is 0.146 e. The lowest BCUT2D eigenvalue weighted by Gasteiger charge is -2.36. The fourth-order valence-corrected chi connectivity index (χ4v) is 3.43. The molecule has 0 spiro atoms. The Bertz CT molecular complexity index is 843. The highest BCUT2D eigenvalue weighted by atomic mass is 32.2. The summed E-state index contributed by atoms with van der Waals surface area (Å²) in [6.45, 7) is 3.92. The third kappa shape index (κ3) is 3.10. The second-order valence-corrected chi connectivity index (χ2v) is 7.67. The van der Waals surface area contributed by atoms with E-state index in [0.717, 1.165) is 0 Å². The first kappa shape index (κ1) is 16.4. The number of thioether (sulfide) groups is 1. The first-order valence-electron chi connectivity index (χ1n) is 7.42. The highest BCUT2D eigenvalue weighted by Crippen LogP contribution is 2.35. The molecule has 0 saturated carbocycles. The lowest BCUT2D eigenvalue weighted by molar-refractivity contribution is 0.556. The van der Waals surface area contributed by atoms with Crippen LogP contribution in [0.1, 0.15) is 31.1 Å². The molecule has 0 radical (unpaired) electrons. The van der Waals surface area contributed by atoms with Crippen molar-refractivity contribution in [1.82, 2.24) is 15.3 Å². The molecule has 7 heteroatoms. The van der Waals surface area contributed by atoms with E-state index in [-0.39, 0.29) is 16.5 Å². The minimum absolute atomic E-state index is 0.280. The molecule has 1 fully saturated rings. The summed E-state index contributed by atoms with van der Waals surface area (Å²) >= 11 is 1.60. The number of nitriles is 1. The molecule has 1 aliphatic rings. The summed E-state index contributed by atoms with van der Waals surface area (Å²) in [5, 5.41) is 20.1. The predicted octanol–water partition coefficient (Wildman–Crippen LogP) is 3.29. The molecule has 0 aromatic carbocycles. The molecule has 2 N–H and O–H groups in total. The van der Waals surface area contributed by atoms with E-state index < -0.39 is 5.82 Å². The highest BCUT2D eigenvalue weighted by Gasteiger charge is 2.34. The fraction of sp³-hybridized carbons (Fsp3) is 0.294. The zero-order valence-corrected chi connectivity index (χ0v) is 14.1. The number of aromatic nitrogens is 2. The fourth-order valence-electron chi connectivity index (χ4n) is 2.41. The first-order valence-corrected chi connectivity index (χ1v) is 8.41. The summed E-state index contributed by atoms with van der Waals surface area (Å²) in [6.07, 6.45) is 3.07. The average Bonchev–Trinajstić information content (AvgIpc) is 2.58. The van der Waals surface area contributed by atoms with E-state index in [1.807, 2.05) is 19.9 Å². The molecule has 1 atom stereocenters. The lowest BCUT2D eigenvalue weighted by Crippen LogP contribution is -2.47. The van der Waals surface area contributed by atoms with Gasteiger partial charge in [0.05, 0.1) is 27.7 Å². The predicted molar refractivity (Wildman–Crippen MR) is 92.3 cm³/mol. The van der Waals surface area contributed by atoms with Crippen LogP contribution in [-0.4, -0.2) is 26.3 Å². The number of hydrogen-bond acceptors (Lipinski definition) is 5. The van der Waals surface area contributed by atoms with Crippen molar-refractivity contribution in [2.45, 2.75) is 24.6 Å². The van der Waals surface area contributed by atoms with E-state index in [4.69, 9.17) is 10.7 Å². The largest absolute Gasteiger partial charge is 0.364 e. The van der Waals surface area contributed by atoms with Crippen molar-refractivity contribution in [3.8, 4) is 17.3 Å². The molecule has 5 nitrogen and oxygen atoms in total. The molecule has 0 aliphatic carbocycles. The van der Waals surface area contributed by atoms with Crippen LogP contribution in [0, 0.1) is 22.6 Å². The molecule has 2 aromatic heterocycles. The summed E-state index contributed by atoms with van der Waals surface area (Å²) in [5.74, 6) is 0.580. The Balaban J connectivity index is 1.95. The number of amidine groups is 1. The van der Waals surface area contributed by atoms with Gasteiger partial charge in [0, 0.05) is 23.7 Å². The summed E-state index contributed by atoms with van der Waals surface area (Å²) in [7, 11) is 0. The highest BCUT2D eigenvalue weighted by molar-refractivity contribution is 8.01. The van der Waals surface area contributed by atoms with E-state index >= 15 is 0 Å². The Kier molecular flexibility index (Phi) is 4.24. The van der Waals surface area contributed by atoms with Crippen molar-refractivity contribution >= 4 is 17.6 Å². The molecular weight excluding hydrogens is 325 g/mol. The zero-order chi connectivity index (χ0) is 17.3. The number of pyridine rings is 2. The number of halogens is 1. The van der Waals surface area contributed by atoms with E-state index in [0.29, 0.717) is 28.4 Å². The number of nitrogens with zero attached hydrogens (tertiary/aromatic N) is 3. The van der Waals surface area contributed by atoms with Crippen LogP contribution >= 0.6 is 11.8 Å². The van der Waals surface area contributed by atoms with E-state index in [9.17, 15) is 4.39 Å². The maximum atomic E-state index is 14.3. The van der Waals surface area contributed by atoms with Crippen molar-refractivity contribution in [3.63, 3.8) is 0 Å². The maximum absolute atomic E-state index is 14.3. The maximum Gasteiger partial charge on any atom is 0.146 e. The van der Waals surface area contributed by atoms with Crippen molar-refractivity contribution in [3.05, 3.63) is 47.7 Å². The summed E-state index contributed by atoms with van der Waals surface area (Å²) in [4.78, 5) is 8.44. The second kappa shape index (κ2) is 6.21. The van der Waals surface area contributed by atoms with Crippen LogP contribution in [0.4, 0.5) is 4.39 Å². The number of hydrogen-bond donors (Lipinski definition) is 2. The van der Waals surface area contributed by atoms with Crippen molar-refractivity contribution in [2.75, 3.05) is 5.75 Å². The monoisotopic (exact) mass is 341 g/mol.